The van der Waals surface area contributed by atoms with Gasteiger partial charge in [0.05, 0.1) is 11.1 Å². The van der Waals surface area contributed by atoms with Crippen molar-refractivity contribution in [2.45, 2.75) is 30.8 Å². The van der Waals surface area contributed by atoms with E-state index in [1.807, 2.05) is 6.92 Å². The van der Waals surface area contributed by atoms with Gasteiger partial charge in [-0.2, -0.15) is 4.31 Å². The summed E-state index contributed by atoms with van der Waals surface area (Å²) in [5.41, 5.74) is 6.83. The van der Waals surface area contributed by atoms with Crippen LogP contribution < -0.4 is 5.73 Å². The Labute approximate surface area is 96.1 Å². The van der Waals surface area contributed by atoms with E-state index in [1.54, 1.807) is 24.3 Å². The molecule has 1 fully saturated rings. The summed E-state index contributed by atoms with van der Waals surface area (Å²) in [7, 11) is -3.40. The van der Waals surface area contributed by atoms with Crippen LogP contribution in [0.25, 0.3) is 0 Å². The van der Waals surface area contributed by atoms with Crippen molar-refractivity contribution in [2.24, 2.45) is 5.73 Å². The molecule has 1 unspecified atom stereocenters. The van der Waals surface area contributed by atoms with E-state index in [0.717, 1.165) is 18.4 Å². The van der Waals surface area contributed by atoms with Gasteiger partial charge in [-0.3, -0.25) is 0 Å². The van der Waals surface area contributed by atoms with E-state index in [4.69, 9.17) is 5.73 Å². The standard InChI is InChI=1S/C11H16N2O2S/c1-9-4-6-10(7-5-9)16(14,15)13-8-2-3-11(13)12/h4-7,11H,2-3,8,12H2,1H3. The Morgan fingerprint density at radius 1 is 1.31 bits per heavy atom. The molecule has 4 nitrogen and oxygen atoms in total. The fourth-order valence-corrected chi connectivity index (χ4v) is 3.49. The van der Waals surface area contributed by atoms with Crippen molar-refractivity contribution >= 4 is 10.0 Å². The first-order valence-corrected chi connectivity index (χ1v) is 6.80. The smallest absolute Gasteiger partial charge is 0.244 e. The minimum Gasteiger partial charge on any atom is -0.315 e. The van der Waals surface area contributed by atoms with Crippen LogP contribution in [0.1, 0.15) is 18.4 Å². The van der Waals surface area contributed by atoms with E-state index >= 15 is 0 Å². The Balaban J connectivity index is 2.35. The zero-order valence-corrected chi connectivity index (χ0v) is 10.1. The maximum Gasteiger partial charge on any atom is 0.244 e. The minimum atomic E-state index is -3.40. The molecule has 0 spiro atoms. The van der Waals surface area contributed by atoms with Gasteiger partial charge in [-0.05, 0) is 31.9 Å². The van der Waals surface area contributed by atoms with Crippen molar-refractivity contribution in [2.75, 3.05) is 6.54 Å². The zero-order chi connectivity index (χ0) is 11.8. The lowest BCUT2D eigenvalue weighted by molar-refractivity contribution is 0.396. The van der Waals surface area contributed by atoms with E-state index in [1.165, 1.54) is 4.31 Å². The molecule has 2 rings (SSSR count). The van der Waals surface area contributed by atoms with Crippen LogP contribution in [-0.4, -0.2) is 25.4 Å². The molecule has 16 heavy (non-hydrogen) atoms. The van der Waals surface area contributed by atoms with Gasteiger partial charge in [0.2, 0.25) is 10.0 Å². The minimum absolute atomic E-state index is 0.329. The number of rotatable bonds is 2. The lowest BCUT2D eigenvalue weighted by Gasteiger charge is -2.20. The fraction of sp³-hybridized carbons (Fsp3) is 0.455. The molecule has 0 saturated carbocycles. The van der Waals surface area contributed by atoms with E-state index in [-0.39, 0.29) is 6.17 Å². The third-order valence-electron chi connectivity index (χ3n) is 2.88. The molecule has 1 aliphatic heterocycles. The molecule has 2 N–H and O–H groups in total. The molecule has 1 aromatic carbocycles. The highest BCUT2D eigenvalue weighted by atomic mass is 32.2. The molecule has 0 aliphatic carbocycles. The first kappa shape index (κ1) is 11.6. The van der Waals surface area contributed by atoms with E-state index in [0.29, 0.717) is 11.4 Å². The number of benzene rings is 1. The first-order chi connectivity index (χ1) is 7.51. The highest BCUT2D eigenvalue weighted by Gasteiger charge is 2.32. The van der Waals surface area contributed by atoms with Crippen molar-refractivity contribution in [1.82, 2.24) is 4.31 Å². The highest BCUT2D eigenvalue weighted by molar-refractivity contribution is 7.89. The second kappa shape index (κ2) is 4.16. The van der Waals surface area contributed by atoms with Crippen LogP contribution in [-0.2, 0) is 10.0 Å². The molecule has 1 aromatic rings. The number of nitrogens with two attached hydrogens (primary N) is 1. The predicted molar refractivity (Wildman–Crippen MR) is 62.3 cm³/mol. The number of hydrogen-bond acceptors (Lipinski definition) is 3. The number of sulfonamides is 1. The van der Waals surface area contributed by atoms with Crippen LogP contribution in [0.15, 0.2) is 29.2 Å². The van der Waals surface area contributed by atoms with Gasteiger partial charge in [0.15, 0.2) is 0 Å². The molecule has 0 aromatic heterocycles. The quantitative estimate of drug-likeness (QED) is 0.841. The Hall–Kier alpha value is -0.910. The normalized spacial score (nSPS) is 22.5. The van der Waals surface area contributed by atoms with Crippen LogP contribution in [0.2, 0.25) is 0 Å². The SMILES string of the molecule is Cc1ccc(S(=O)(=O)N2CCCC2N)cc1. The van der Waals surface area contributed by atoms with Crippen molar-refractivity contribution < 1.29 is 8.42 Å². The number of hydrogen-bond donors (Lipinski definition) is 1. The van der Waals surface area contributed by atoms with Gasteiger partial charge in [-0.15, -0.1) is 0 Å². The molecular weight excluding hydrogens is 224 g/mol. The summed E-state index contributed by atoms with van der Waals surface area (Å²) in [4.78, 5) is 0.329. The third kappa shape index (κ3) is 1.98. The van der Waals surface area contributed by atoms with Crippen molar-refractivity contribution in [1.29, 1.82) is 0 Å². The zero-order valence-electron chi connectivity index (χ0n) is 9.26. The summed E-state index contributed by atoms with van der Waals surface area (Å²) in [6, 6.07) is 6.87. The molecule has 88 valence electrons. The van der Waals surface area contributed by atoms with Gasteiger partial charge >= 0.3 is 0 Å². The van der Waals surface area contributed by atoms with E-state index < -0.39 is 10.0 Å². The number of nitrogens with zero attached hydrogens (tertiary/aromatic N) is 1. The molecule has 0 amide bonds. The topological polar surface area (TPSA) is 63.4 Å². The first-order valence-electron chi connectivity index (χ1n) is 5.36. The van der Waals surface area contributed by atoms with Crippen LogP contribution in [0.3, 0.4) is 0 Å². The van der Waals surface area contributed by atoms with Crippen molar-refractivity contribution in [3.05, 3.63) is 29.8 Å². The Morgan fingerprint density at radius 2 is 1.94 bits per heavy atom. The average molecular weight is 240 g/mol. The Morgan fingerprint density at radius 3 is 2.44 bits per heavy atom. The largest absolute Gasteiger partial charge is 0.315 e. The van der Waals surface area contributed by atoms with Crippen LogP contribution in [0.5, 0.6) is 0 Å². The fourth-order valence-electron chi connectivity index (χ4n) is 1.91. The van der Waals surface area contributed by atoms with E-state index in [2.05, 4.69) is 0 Å². The molecule has 0 radical (unpaired) electrons. The second-order valence-electron chi connectivity index (χ2n) is 4.14. The second-order valence-corrected chi connectivity index (χ2v) is 6.03. The lowest BCUT2D eigenvalue weighted by Crippen LogP contribution is -2.40. The Bertz CT molecular complexity index is 467. The van der Waals surface area contributed by atoms with Crippen molar-refractivity contribution in [3.8, 4) is 0 Å². The lowest BCUT2D eigenvalue weighted by atomic mass is 10.2. The molecule has 1 atom stereocenters. The Kier molecular flexibility index (Phi) is 3.01. The van der Waals surface area contributed by atoms with Gasteiger partial charge in [0.1, 0.15) is 0 Å². The third-order valence-corrected chi connectivity index (χ3v) is 4.81. The maximum absolute atomic E-state index is 12.2. The molecular formula is C11H16N2O2S. The monoisotopic (exact) mass is 240 g/mol. The summed E-state index contributed by atoms with van der Waals surface area (Å²) >= 11 is 0. The van der Waals surface area contributed by atoms with Gasteiger partial charge in [0, 0.05) is 6.54 Å². The number of aryl methyl sites for hydroxylation is 1. The van der Waals surface area contributed by atoms with E-state index in [9.17, 15) is 8.42 Å². The summed E-state index contributed by atoms with van der Waals surface area (Å²) in [6.07, 6.45) is 1.21. The van der Waals surface area contributed by atoms with Gasteiger partial charge in [-0.1, -0.05) is 17.7 Å². The summed E-state index contributed by atoms with van der Waals surface area (Å²) in [5, 5.41) is 0. The van der Waals surface area contributed by atoms with Gasteiger partial charge in [-0.25, -0.2) is 8.42 Å². The highest BCUT2D eigenvalue weighted by Crippen LogP contribution is 2.23. The van der Waals surface area contributed by atoms with Crippen LogP contribution in [0, 0.1) is 6.92 Å². The van der Waals surface area contributed by atoms with Gasteiger partial charge in [0.25, 0.3) is 0 Å². The molecule has 0 bridgehead atoms. The molecule has 5 heteroatoms. The van der Waals surface area contributed by atoms with Gasteiger partial charge < -0.3 is 5.73 Å². The van der Waals surface area contributed by atoms with Crippen LogP contribution >= 0.6 is 0 Å². The molecule has 1 aliphatic rings. The maximum atomic E-state index is 12.2. The molecule has 1 heterocycles. The summed E-state index contributed by atoms with van der Waals surface area (Å²) in [5.74, 6) is 0. The summed E-state index contributed by atoms with van der Waals surface area (Å²) in [6.45, 7) is 2.45. The average Bonchev–Trinajstić information content (AvgIpc) is 2.66. The van der Waals surface area contributed by atoms with Crippen LogP contribution in [0.4, 0.5) is 0 Å². The molecule has 1 saturated heterocycles. The summed E-state index contributed by atoms with van der Waals surface area (Å²) < 4.78 is 25.8. The van der Waals surface area contributed by atoms with Crippen molar-refractivity contribution in [3.63, 3.8) is 0 Å². The predicted octanol–water partition coefficient (Wildman–Crippen LogP) is 1.06.